The summed E-state index contributed by atoms with van der Waals surface area (Å²) < 4.78 is 27.8. The predicted octanol–water partition coefficient (Wildman–Crippen LogP) is 2.64. The van der Waals surface area contributed by atoms with Crippen LogP contribution < -0.4 is 10.0 Å². The zero-order valence-corrected chi connectivity index (χ0v) is 13.4. The van der Waals surface area contributed by atoms with Crippen LogP contribution in [-0.4, -0.2) is 26.8 Å². The van der Waals surface area contributed by atoms with E-state index in [1.54, 1.807) is 6.07 Å². The Labute approximate surface area is 123 Å². The number of hydrogen-bond donors (Lipinski definition) is 2. The number of nitrogens with one attached hydrogen (secondary N) is 2. The number of piperidine rings is 1. The summed E-state index contributed by atoms with van der Waals surface area (Å²) in [6.07, 6.45) is 3.16. The Morgan fingerprint density at radius 2 is 2.16 bits per heavy atom. The van der Waals surface area contributed by atoms with Crippen LogP contribution in [0.4, 0.5) is 5.69 Å². The van der Waals surface area contributed by atoms with E-state index in [-0.39, 0.29) is 11.8 Å². The summed E-state index contributed by atoms with van der Waals surface area (Å²) in [7, 11) is -3.30. The second kappa shape index (κ2) is 6.24. The van der Waals surface area contributed by atoms with E-state index in [0.717, 1.165) is 35.8 Å². The third-order valence-corrected chi connectivity index (χ3v) is 4.99. The van der Waals surface area contributed by atoms with Gasteiger partial charge in [0.1, 0.15) is 0 Å². The van der Waals surface area contributed by atoms with Crippen molar-refractivity contribution in [3.63, 3.8) is 0 Å². The maximum atomic E-state index is 12.1. The van der Waals surface area contributed by atoms with E-state index in [2.05, 4.69) is 26.0 Å². The highest BCUT2D eigenvalue weighted by molar-refractivity contribution is 9.10. The summed E-state index contributed by atoms with van der Waals surface area (Å²) in [5, 5.41) is 3.26. The van der Waals surface area contributed by atoms with Crippen molar-refractivity contribution in [2.24, 2.45) is 0 Å². The first kappa shape index (κ1) is 14.8. The van der Waals surface area contributed by atoms with Gasteiger partial charge < -0.3 is 5.32 Å². The summed E-state index contributed by atoms with van der Waals surface area (Å²) >= 11 is 3.37. The molecule has 0 aromatic heterocycles. The van der Waals surface area contributed by atoms with Crippen molar-refractivity contribution in [2.75, 3.05) is 17.0 Å². The fraction of sp³-hybridized carbons (Fsp3) is 0.538. The van der Waals surface area contributed by atoms with Crippen LogP contribution in [0.1, 0.15) is 24.8 Å². The summed E-state index contributed by atoms with van der Waals surface area (Å²) in [5.41, 5.74) is 1.63. The molecule has 106 valence electrons. The Morgan fingerprint density at radius 3 is 2.79 bits per heavy atom. The third kappa shape index (κ3) is 4.78. The Morgan fingerprint density at radius 1 is 1.37 bits per heavy atom. The molecule has 1 aromatic rings. The lowest BCUT2D eigenvalue weighted by molar-refractivity contribution is 0.424. The molecule has 1 unspecified atom stereocenters. The minimum absolute atomic E-state index is 0.0690. The van der Waals surface area contributed by atoms with E-state index in [1.165, 1.54) is 0 Å². The van der Waals surface area contributed by atoms with Crippen molar-refractivity contribution in [1.82, 2.24) is 5.32 Å². The Hall–Kier alpha value is -0.590. The summed E-state index contributed by atoms with van der Waals surface area (Å²) in [6.45, 7) is 2.85. The van der Waals surface area contributed by atoms with Crippen LogP contribution >= 0.6 is 15.9 Å². The van der Waals surface area contributed by atoms with Crippen LogP contribution in [0.2, 0.25) is 0 Å². The first-order valence-electron chi connectivity index (χ1n) is 6.46. The highest BCUT2D eigenvalue weighted by Gasteiger charge is 2.20. The average molecular weight is 347 g/mol. The van der Waals surface area contributed by atoms with Crippen molar-refractivity contribution in [3.8, 4) is 0 Å². The molecule has 1 atom stereocenters. The topological polar surface area (TPSA) is 58.2 Å². The van der Waals surface area contributed by atoms with E-state index < -0.39 is 10.0 Å². The van der Waals surface area contributed by atoms with E-state index >= 15 is 0 Å². The molecule has 1 aliphatic rings. The summed E-state index contributed by atoms with van der Waals surface area (Å²) in [6, 6.07) is 5.62. The maximum absolute atomic E-state index is 12.1. The van der Waals surface area contributed by atoms with Gasteiger partial charge in [-0.25, -0.2) is 8.42 Å². The Balaban J connectivity index is 2.03. The standard InChI is InChI=1S/C13H19BrN2O2S/c1-10-6-11(14)8-13(7-10)16-19(17,18)9-12-4-2-3-5-15-12/h6-8,12,15-16H,2-5,9H2,1H3. The molecule has 1 saturated heterocycles. The van der Waals surface area contributed by atoms with Crippen molar-refractivity contribution in [2.45, 2.75) is 32.2 Å². The van der Waals surface area contributed by atoms with E-state index in [4.69, 9.17) is 0 Å². The second-order valence-electron chi connectivity index (χ2n) is 5.05. The maximum Gasteiger partial charge on any atom is 0.234 e. The number of anilines is 1. The minimum atomic E-state index is -3.30. The molecule has 0 aliphatic carbocycles. The van der Waals surface area contributed by atoms with Crippen LogP contribution in [0.25, 0.3) is 0 Å². The number of sulfonamides is 1. The van der Waals surface area contributed by atoms with E-state index in [9.17, 15) is 8.42 Å². The lowest BCUT2D eigenvalue weighted by atomic mass is 10.1. The zero-order valence-electron chi connectivity index (χ0n) is 10.9. The zero-order chi connectivity index (χ0) is 13.9. The Bertz CT molecular complexity index is 519. The molecule has 2 N–H and O–H groups in total. The largest absolute Gasteiger partial charge is 0.313 e. The lowest BCUT2D eigenvalue weighted by Crippen LogP contribution is -2.40. The van der Waals surface area contributed by atoms with Crippen molar-refractivity contribution in [3.05, 3.63) is 28.2 Å². The highest BCUT2D eigenvalue weighted by Crippen LogP contribution is 2.20. The van der Waals surface area contributed by atoms with E-state index in [0.29, 0.717) is 5.69 Å². The average Bonchev–Trinajstić information content (AvgIpc) is 2.27. The number of rotatable bonds is 4. The van der Waals surface area contributed by atoms with Crippen molar-refractivity contribution >= 4 is 31.6 Å². The first-order valence-corrected chi connectivity index (χ1v) is 8.90. The van der Waals surface area contributed by atoms with Gasteiger partial charge in [0.2, 0.25) is 10.0 Å². The van der Waals surface area contributed by atoms with Gasteiger partial charge >= 0.3 is 0 Å². The van der Waals surface area contributed by atoms with Crippen LogP contribution in [0.5, 0.6) is 0 Å². The monoisotopic (exact) mass is 346 g/mol. The highest BCUT2D eigenvalue weighted by atomic mass is 79.9. The predicted molar refractivity (Wildman–Crippen MR) is 81.9 cm³/mol. The Kier molecular flexibility index (Phi) is 4.86. The van der Waals surface area contributed by atoms with Crippen molar-refractivity contribution in [1.29, 1.82) is 0 Å². The number of halogens is 1. The molecule has 0 saturated carbocycles. The fourth-order valence-corrected chi connectivity index (χ4v) is 4.33. The van der Waals surface area contributed by atoms with Gasteiger partial charge in [-0.1, -0.05) is 22.4 Å². The van der Waals surface area contributed by atoms with Crippen LogP contribution in [-0.2, 0) is 10.0 Å². The molecule has 1 fully saturated rings. The molecule has 1 heterocycles. The SMILES string of the molecule is Cc1cc(Br)cc(NS(=O)(=O)CC2CCCCN2)c1. The minimum Gasteiger partial charge on any atom is -0.313 e. The summed E-state index contributed by atoms with van der Waals surface area (Å²) in [4.78, 5) is 0. The molecule has 6 heteroatoms. The first-order chi connectivity index (χ1) is 8.94. The third-order valence-electron chi connectivity index (χ3n) is 3.15. The fourth-order valence-electron chi connectivity index (χ4n) is 2.35. The second-order valence-corrected chi connectivity index (χ2v) is 7.73. The number of hydrogen-bond acceptors (Lipinski definition) is 3. The molecular formula is C13H19BrN2O2S. The smallest absolute Gasteiger partial charge is 0.234 e. The van der Waals surface area contributed by atoms with Gasteiger partial charge in [-0.3, -0.25) is 4.72 Å². The number of benzene rings is 1. The van der Waals surface area contributed by atoms with Gasteiger partial charge in [-0.15, -0.1) is 0 Å². The van der Waals surface area contributed by atoms with Gasteiger partial charge in [-0.05, 0) is 50.1 Å². The lowest BCUT2D eigenvalue weighted by Gasteiger charge is -2.23. The van der Waals surface area contributed by atoms with Crippen molar-refractivity contribution < 1.29 is 8.42 Å². The molecule has 1 aliphatic heterocycles. The van der Waals surface area contributed by atoms with Crippen LogP contribution in [0.3, 0.4) is 0 Å². The molecule has 0 radical (unpaired) electrons. The molecule has 0 bridgehead atoms. The van der Waals surface area contributed by atoms with Gasteiger partial charge in [0.15, 0.2) is 0 Å². The van der Waals surface area contributed by atoms with Gasteiger partial charge in [-0.2, -0.15) is 0 Å². The molecule has 1 aromatic carbocycles. The molecule has 0 spiro atoms. The van der Waals surface area contributed by atoms with Gasteiger partial charge in [0.25, 0.3) is 0 Å². The quantitative estimate of drug-likeness (QED) is 0.880. The van der Waals surface area contributed by atoms with Gasteiger partial charge in [0.05, 0.1) is 5.75 Å². The summed E-state index contributed by atoms with van der Waals surface area (Å²) in [5.74, 6) is 0.137. The molecular weight excluding hydrogens is 328 g/mol. The normalized spacial score (nSPS) is 20.2. The molecule has 4 nitrogen and oxygen atoms in total. The molecule has 19 heavy (non-hydrogen) atoms. The van der Waals surface area contributed by atoms with Crippen LogP contribution in [0, 0.1) is 6.92 Å². The molecule has 0 amide bonds. The van der Waals surface area contributed by atoms with Gasteiger partial charge in [0, 0.05) is 16.2 Å². The number of aryl methyl sites for hydroxylation is 1. The molecule has 2 rings (SSSR count). The van der Waals surface area contributed by atoms with Crippen LogP contribution in [0.15, 0.2) is 22.7 Å². The van der Waals surface area contributed by atoms with E-state index in [1.807, 2.05) is 19.1 Å².